The van der Waals surface area contributed by atoms with Gasteiger partial charge in [0, 0.05) is 39.3 Å². The van der Waals surface area contributed by atoms with Crippen LogP contribution in [0, 0.1) is 0 Å². The monoisotopic (exact) mass is 485 g/mol. The summed E-state index contributed by atoms with van der Waals surface area (Å²) in [5, 5.41) is 21.5. The molecule has 1 fully saturated rings. The fraction of sp³-hybridized carbons (Fsp3) is 0.500. The third kappa shape index (κ3) is 5.24. The second-order valence-electron chi connectivity index (χ2n) is 6.17. The fourth-order valence-electron chi connectivity index (χ4n) is 3.13. The van der Waals surface area contributed by atoms with E-state index in [1.165, 1.54) is 0 Å². The van der Waals surface area contributed by atoms with Gasteiger partial charge in [0.25, 0.3) is 0 Å². The summed E-state index contributed by atoms with van der Waals surface area (Å²) in [4.78, 5) is 9.21. The molecule has 1 aliphatic rings. The van der Waals surface area contributed by atoms with Gasteiger partial charge in [0.2, 0.25) is 0 Å². The second-order valence-corrected chi connectivity index (χ2v) is 6.17. The molecule has 0 atom stereocenters. The van der Waals surface area contributed by atoms with Crippen LogP contribution < -0.4 is 10.2 Å². The van der Waals surface area contributed by atoms with Gasteiger partial charge in [-0.3, -0.25) is 0 Å². The Bertz CT molecular complexity index is 741. The molecule has 9 heteroatoms. The number of rotatable bonds is 5. The molecular weight excluding hydrogens is 457 g/mol. The maximum absolute atomic E-state index is 10.1. The predicted octanol–water partition coefficient (Wildman–Crippen LogP) is 1.91. The van der Waals surface area contributed by atoms with Crippen molar-refractivity contribution < 1.29 is 5.11 Å². The summed E-state index contributed by atoms with van der Waals surface area (Å²) < 4.78 is 2.00. The Balaban J connectivity index is 0.00000261. The van der Waals surface area contributed by atoms with Crippen LogP contribution in [0.4, 0.5) is 5.69 Å². The number of halogens is 1. The van der Waals surface area contributed by atoms with Gasteiger partial charge in [0.15, 0.2) is 11.8 Å². The van der Waals surface area contributed by atoms with Crippen molar-refractivity contribution in [3.8, 4) is 5.75 Å². The van der Waals surface area contributed by atoms with Crippen molar-refractivity contribution in [2.24, 2.45) is 4.99 Å². The van der Waals surface area contributed by atoms with Crippen LogP contribution in [0.25, 0.3) is 0 Å². The van der Waals surface area contributed by atoms with Gasteiger partial charge in [0.05, 0.1) is 5.69 Å². The van der Waals surface area contributed by atoms with Crippen LogP contribution in [0.15, 0.2) is 35.6 Å². The number of phenols is 1. The number of hydrogen-bond acceptors (Lipinski definition) is 5. The van der Waals surface area contributed by atoms with E-state index in [2.05, 4.69) is 39.2 Å². The lowest BCUT2D eigenvalue weighted by atomic mass is 10.2. The first kappa shape index (κ1) is 21.3. The van der Waals surface area contributed by atoms with Crippen molar-refractivity contribution in [3.05, 3.63) is 36.4 Å². The third-order valence-electron chi connectivity index (χ3n) is 4.54. The number of aliphatic imine (C=N–C) groups is 1. The number of nitrogens with zero attached hydrogens (tertiary/aromatic N) is 6. The summed E-state index contributed by atoms with van der Waals surface area (Å²) in [7, 11) is 0. The van der Waals surface area contributed by atoms with E-state index < -0.39 is 0 Å². The number of nitrogens with one attached hydrogen (secondary N) is 1. The number of aromatic nitrogens is 3. The van der Waals surface area contributed by atoms with E-state index >= 15 is 0 Å². The van der Waals surface area contributed by atoms with Crippen molar-refractivity contribution in [1.29, 1.82) is 0 Å². The molecule has 0 bridgehead atoms. The first-order valence-electron chi connectivity index (χ1n) is 9.15. The zero-order chi connectivity index (χ0) is 18.4. The van der Waals surface area contributed by atoms with Crippen molar-refractivity contribution in [2.45, 2.75) is 26.9 Å². The molecule has 1 saturated heterocycles. The molecule has 0 aliphatic carbocycles. The van der Waals surface area contributed by atoms with Gasteiger partial charge < -0.3 is 24.8 Å². The first-order valence-corrected chi connectivity index (χ1v) is 9.15. The van der Waals surface area contributed by atoms with E-state index in [9.17, 15) is 5.11 Å². The molecule has 1 aromatic carbocycles. The van der Waals surface area contributed by atoms with Gasteiger partial charge in [0.1, 0.15) is 18.6 Å². The van der Waals surface area contributed by atoms with Crippen LogP contribution in [-0.2, 0) is 13.1 Å². The number of piperazine rings is 1. The normalized spacial score (nSPS) is 14.8. The minimum atomic E-state index is 0. The predicted molar refractivity (Wildman–Crippen MR) is 118 cm³/mol. The van der Waals surface area contributed by atoms with Crippen molar-refractivity contribution in [2.75, 3.05) is 37.6 Å². The molecule has 0 radical (unpaired) electrons. The number of phenolic OH excluding ortho intramolecular Hbond substituents is 1. The van der Waals surface area contributed by atoms with E-state index in [1.807, 2.05) is 22.8 Å². The van der Waals surface area contributed by atoms with Gasteiger partial charge in [-0.15, -0.1) is 34.2 Å². The Kier molecular flexibility index (Phi) is 8.14. The highest BCUT2D eigenvalue weighted by Gasteiger charge is 2.21. The summed E-state index contributed by atoms with van der Waals surface area (Å²) in [6.07, 6.45) is 1.74. The summed E-state index contributed by atoms with van der Waals surface area (Å²) >= 11 is 0. The zero-order valence-electron chi connectivity index (χ0n) is 15.9. The minimum Gasteiger partial charge on any atom is -0.506 e. The van der Waals surface area contributed by atoms with E-state index in [-0.39, 0.29) is 24.0 Å². The van der Waals surface area contributed by atoms with Crippen LogP contribution in [0.3, 0.4) is 0 Å². The van der Waals surface area contributed by atoms with Crippen molar-refractivity contribution in [1.82, 2.24) is 25.0 Å². The average molecular weight is 485 g/mol. The topological polar surface area (TPSA) is 81.8 Å². The molecule has 2 aromatic rings. The summed E-state index contributed by atoms with van der Waals surface area (Å²) in [5.74, 6) is 2.10. The molecular formula is C18H28IN7O. The summed E-state index contributed by atoms with van der Waals surface area (Å²) in [5.41, 5.74) is 0.894. The molecule has 0 spiro atoms. The maximum Gasteiger partial charge on any atom is 0.194 e. The molecule has 1 aliphatic heterocycles. The first-order chi connectivity index (χ1) is 12.7. The van der Waals surface area contributed by atoms with Crippen LogP contribution in [0.2, 0.25) is 0 Å². The van der Waals surface area contributed by atoms with Gasteiger partial charge >= 0.3 is 0 Å². The molecule has 3 rings (SSSR count). The molecule has 2 N–H and O–H groups in total. The smallest absolute Gasteiger partial charge is 0.194 e. The lowest BCUT2D eigenvalue weighted by Crippen LogP contribution is -2.52. The third-order valence-corrected chi connectivity index (χ3v) is 4.54. The van der Waals surface area contributed by atoms with Crippen LogP contribution >= 0.6 is 24.0 Å². The quantitative estimate of drug-likeness (QED) is 0.383. The number of aryl methyl sites for hydroxylation is 1. The van der Waals surface area contributed by atoms with E-state index in [0.29, 0.717) is 12.3 Å². The van der Waals surface area contributed by atoms with Gasteiger partial charge in [-0.2, -0.15) is 0 Å². The molecule has 0 amide bonds. The molecule has 0 saturated carbocycles. The number of guanidine groups is 1. The highest BCUT2D eigenvalue weighted by Crippen LogP contribution is 2.27. The average Bonchev–Trinajstić information content (AvgIpc) is 3.13. The summed E-state index contributed by atoms with van der Waals surface area (Å²) in [6.45, 7) is 9.69. The van der Waals surface area contributed by atoms with Gasteiger partial charge in [-0.05, 0) is 26.0 Å². The lowest BCUT2D eigenvalue weighted by molar-refractivity contribution is 0.369. The minimum absolute atomic E-state index is 0. The largest absolute Gasteiger partial charge is 0.506 e. The standard InChI is InChI=1S/C18H27N7O.HI/c1-3-19-18(20-13-17-22-21-14-23(17)4-2)25-11-9-24(10-12-25)15-7-5-6-8-16(15)26;/h5-8,14,26H,3-4,9-13H2,1-2H3,(H,19,20);1H. The summed E-state index contributed by atoms with van der Waals surface area (Å²) in [6, 6.07) is 7.50. The maximum atomic E-state index is 10.1. The van der Waals surface area contributed by atoms with Gasteiger partial charge in [-0.25, -0.2) is 4.99 Å². The van der Waals surface area contributed by atoms with Crippen LogP contribution in [-0.4, -0.2) is 63.5 Å². The lowest BCUT2D eigenvalue weighted by Gasteiger charge is -2.37. The van der Waals surface area contributed by atoms with Crippen LogP contribution in [0.5, 0.6) is 5.75 Å². The Morgan fingerprint density at radius 2 is 1.93 bits per heavy atom. The Morgan fingerprint density at radius 1 is 1.19 bits per heavy atom. The molecule has 1 aromatic heterocycles. The SMILES string of the molecule is CCNC(=NCc1nncn1CC)N1CCN(c2ccccc2O)CC1.I. The highest BCUT2D eigenvalue weighted by atomic mass is 127. The number of hydrogen-bond donors (Lipinski definition) is 2. The number of para-hydroxylation sites is 2. The van der Waals surface area contributed by atoms with E-state index in [4.69, 9.17) is 4.99 Å². The number of benzene rings is 1. The number of aromatic hydroxyl groups is 1. The fourth-order valence-corrected chi connectivity index (χ4v) is 3.13. The van der Waals surface area contributed by atoms with E-state index in [1.54, 1.807) is 12.4 Å². The highest BCUT2D eigenvalue weighted by molar-refractivity contribution is 14.0. The Labute approximate surface area is 177 Å². The van der Waals surface area contributed by atoms with Crippen LogP contribution in [0.1, 0.15) is 19.7 Å². The second kappa shape index (κ2) is 10.3. The molecule has 148 valence electrons. The van der Waals surface area contributed by atoms with Crippen molar-refractivity contribution in [3.63, 3.8) is 0 Å². The number of anilines is 1. The Morgan fingerprint density at radius 3 is 2.59 bits per heavy atom. The Hall–Kier alpha value is -2.04. The molecule has 2 heterocycles. The molecule has 8 nitrogen and oxygen atoms in total. The van der Waals surface area contributed by atoms with Gasteiger partial charge in [-0.1, -0.05) is 12.1 Å². The molecule has 0 unspecified atom stereocenters. The zero-order valence-corrected chi connectivity index (χ0v) is 18.2. The molecule has 27 heavy (non-hydrogen) atoms. The van der Waals surface area contributed by atoms with E-state index in [0.717, 1.165) is 56.7 Å². The van der Waals surface area contributed by atoms with Crippen molar-refractivity contribution >= 4 is 35.6 Å².